The Hall–Kier alpha value is -3.86. The molecule has 3 aromatic carbocycles. The molecule has 13 heteroatoms. The predicted octanol–water partition coefficient (Wildman–Crippen LogP) is 8.39. The van der Waals surface area contributed by atoms with Crippen LogP contribution in [0.5, 0.6) is 11.8 Å². The first-order chi connectivity index (χ1) is 25.4. The number of alkyl halides is 3. The number of ether oxygens (including phenoxy) is 1. The number of nitrogens with zero attached hydrogens (tertiary/aromatic N) is 4. The summed E-state index contributed by atoms with van der Waals surface area (Å²) in [6.07, 6.45) is 16.0. The number of hydrogen-bond donors (Lipinski definition) is 2. The van der Waals surface area contributed by atoms with Crippen LogP contribution in [0.3, 0.4) is 0 Å². The fraction of sp³-hybridized carbons (Fsp3) is 0.500. The quantitative estimate of drug-likeness (QED) is 0.106. The number of nitrogens with one attached hydrogen (secondary N) is 1. The molecule has 4 aromatic rings. The van der Waals surface area contributed by atoms with E-state index in [0.717, 1.165) is 57.5 Å². The van der Waals surface area contributed by atoms with E-state index in [2.05, 4.69) is 21.1 Å². The second-order valence-corrected chi connectivity index (χ2v) is 17.1. The maximum atomic E-state index is 17.4. The van der Waals surface area contributed by atoms with E-state index in [1.165, 1.54) is 50.3 Å². The molecule has 7 nitrogen and oxygen atoms in total. The van der Waals surface area contributed by atoms with Crippen molar-refractivity contribution < 1.29 is 31.8 Å². The number of anilines is 1. The van der Waals surface area contributed by atoms with E-state index < -0.39 is 39.4 Å². The first kappa shape index (κ1) is 34.9. The van der Waals surface area contributed by atoms with Gasteiger partial charge >= 0.3 is 11.5 Å². The Balaban J connectivity index is 1.16. The average Bonchev–Trinajstić information content (AvgIpc) is 3.37. The van der Waals surface area contributed by atoms with Crippen LogP contribution in [0.1, 0.15) is 63.4 Å². The molecule has 0 radical (unpaired) electrons. The highest BCUT2D eigenvalue weighted by Crippen LogP contribution is 2.52. The van der Waals surface area contributed by atoms with Crippen LogP contribution in [0.2, 0.25) is 0 Å². The van der Waals surface area contributed by atoms with Crippen molar-refractivity contribution in [2.24, 2.45) is 10.8 Å². The Morgan fingerprint density at radius 2 is 1.77 bits per heavy atom. The number of terminal acetylenes is 1. The number of thioether (sulfide) groups is 1. The van der Waals surface area contributed by atoms with E-state index in [1.807, 2.05) is 4.90 Å². The van der Waals surface area contributed by atoms with Crippen LogP contribution in [-0.2, 0) is 0 Å². The predicted molar refractivity (Wildman–Crippen MR) is 195 cm³/mol. The maximum absolute atomic E-state index is 17.4. The number of aromatic nitrogens is 2. The van der Waals surface area contributed by atoms with Crippen LogP contribution in [0.4, 0.5) is 27.8 Å². The molecule has 2 N–H and O–H groups in total. The van der Waals surface area contributed by atoms with Crippen molar-refractivity contribution in [3.63, 3.8) is 0 Å². The van der Waals surface area contributed by atoms with Crippen LogP contribution in [0.15, 0.2) is 35.2 Å². The summed E-state index contributed by atoms with van der Waals surface area (Å²) < 4.78 is 81.7. The summed E-state index contributed by atoms with van der Waals surface area (Å²) in [7, 11) is 0. The molecule has 1 aromatic heterocycles. The largest absolute Gasteiger partial charge is 0.508 e. The molecule has 0 amide bonds. The number of phenolic OH excluding ortho intramolecular Hbond substituents is 1. The van der Waals surface area contributed by atoms with Crippen molar-refractivity contribution in [3.8, 4) is 35.2 Å². The van der Waals surface area contributed by atoms with Crippen molar-refractivity contribution in [1.82, 2.24) is 20.2 Å². The minimum absolute atomic E-state index is 0.00831. The van der Waals surface area contributed by atoms with Crippen molar-refractivity contribution in [1.29, 1.82) is 0 Å². The number of phenols is 1. The monoisotopic (exact) mass is 749 g/mol. The van der Waals surface area contributed by atoms with E-state index in [9.17, 15) is 18.3 Å². The van der Waals surface area contributed by atoms with Gasteiger partial charge in [0, 0.05) is 64.9 Å². The van der Waals surface area contributed by atoms with Gasteiger partial charge in [0.25, 0.3) is 0 Å². The van der Waals surface area contributed by atoms with Gasteiger partial charge in [0.05, 0.1) is 12.2 Å². The minimum Gasteiger partial charge on any atom is -0.508 e. The summed E-state index contributed by atoms with van der Waals surface area (Å²) in [5.41, 5.74) is -5.58. The zero-order valence-corrected chi connectivity index (χ0v) is 30.0. The lowest BCUT2D eigenvalue weighted by Gasteiger charge is -2.34. The molecular weight excluding hydrogens is 710 g/mol. The maximum Gasteiger partial charge on any atom is 0.446 e. The van der Waals surface area contributed by atoms with Gasteiger partial charge in [0.15, 0.2) is 5.82 Å². The van der Waals surface area contributed by atoms with Crippen molar-refractivity contribution in [2.75, 3.05) is 44.2 Å². The average molecular weight is 750 g/mol. The summed E-state index contributed by atoms with van der Waals surface area (Å²) in [6, 6.07) is 6.41. The van der Waals surface area contributed by atoms with Crippen LogP contribution in [0, 0.1) is 34.8 Å². The van der Waals surface area contributed by atoms with E-state index in [1.54, 1.807) is 0 Å². The molecule has 5 fully saturated rings. The van der Waals surface area contributed by atoms with Gasteiger partial charge in [0.2, 0.25) is 0 Å². The number of aromatic hydroxyl groups is 1. The van der Waals surface area contributed by atoms with Gasteiger partial charge in [-0.05, 0) is 104 Å². The van der Waals surface area contributed by atoms with Crippen molar-refractivity contribution in [2.45, 2.75) is 80.3 Å². The highest BCUT2D eigenvalue weighted by Gasteiger charge is 2.48. The molecule has 4 heterocycles. The minimum atomic E-state index is -4.81. The van der Waals surface area contributed by atoms with Gasteiger partial charge in [-0.25, -0.2) is 8.78 Å². The second kappa shape index (κ2) is 12.9. The molecule has 2 atom stereocenters. The van der Waals surface area contributed by atoms with Gasteiger partial charge in [-0.15, -0.1) is 6.42 Å². The third-order valence-electron chi connectivity index (χ3n) is 12.3. The molecule has 278 valence electrons. The SMILES string of the molecule is C#Cc1c(F)ccc2cc(O)cc(-c3c(SC(F)(F)F)cc4c(N5CC6CCC(C5)N6)nc(OCC5(CN6CCC7(CCCC7)C6)CC5)nc4c3F)c12. The molecule has 53 heavy (non-hydrogen) atoms. The van der Waals surface area contributed by atoms with E-state index in [0.29, 0.717) is 30.9 Å². The Morgan fingerprint density at radius 3 is 2.47 bits per heavy atom. The molecule has 2 bridgehead atoms. The van der Waals surface area contributed by atoms with Crippen LogP contribution < -0.4 is 15.0 Å². The van der Waals surface area contributed by atoms with Crippen LogP contribution in [-0.4, -0.2) is 76.9 Å². The van der Waals surface area contributed by atoms with Gasteiger partial charge < -0.3 is 25.0 Å². The molecule has 2 unspecified atom stereocenters. The lowest BCUT2D eigenvalue weighted by atomic mass is 9.86. The smallest absolute Gasteiger partial charge is 0.446 e. The molecule has 2 saturated carbocycles. The summed E-state index contributed by atoms with van der Waals surface area (Å²) in [5, 5.41) is 14.6. The third-order valence-corrected chi connectivity index (χ3v) is 13.0. The Labute approximate surface area is 308 Å². The highest BCUT2D eigenvalue weighted by atomic mass is 32.2. The summed E-state index contributed by atoms with van der Waals surface area (Å²) in [5.74, 6) is 0.367. The fourth-order valence-electron chi connectivity index (χ4n) is 9.58. The first-order valence-corrected chi connectivity index (χ1v) is 19.3. The molecule has 3 aliphatic heterocycles. The standard InChI is InChI=1S/C40H40F5N5O2S/c1-2-27-30(41)8-5-23-15-26(51)16-28(32(23)27)33-31(53-40(43,44)45)17-29-35(34(33)42)47-37(48-36(29)50-18-24-6-7-25(19-50)46-24)52-22-39(11-12-39)21-49-14-13-38(20-49)9-3-4-10-38/h1,5,8,15-17,24-25,46,51H,3-4,6-7,9-14,18-22H2. The first-order valence-electron chi connectivity index (χ1n) is 18.5. The molecular formula is C40H40F5N5O2S. The third kappa shape index (κ3) is 6.54. The number of hydrogen-bond acceptors (Lipinski definition) is 8. The number of benzene rings is 3. The lowest BCUT2D eigenvalue weighted by molar-refractivity contribution is -0.0328. The van der Waals surface area contributed by atoms with Gasteiger partial charge in [-0.3, -0.25) is 0 Å². The van der Waals surface area contributed by atoms with E-state index >= 15 is 8.78 Å². The fourth-order valence-corrected chi connectivity index (χ4v) is 10.3. The molecule has 3 saturated heterocycles. The van der Waals surface area contributed by atoms with Gasteiger partial charge in [-0.2, -0.15) is 23.1 Å². The van der Waals surface area contributed by atoms with Crippen LogP contribution in [0.25, 0.3) is 32.8 Å². The number of piperazine rings is 1. The molecule has 9 rings (SSSR count). The Kier molecular flexibility index (Phi) is 8.48. The Morgan fingerprint density at radius 1 is 1.02 bits per heavy atom. The topological polar surface area (TPSA) is 73.8 Å². The highest BCUT2D eigenvalue weighted by molar-refractivity contribution is 8.00. The number of rotatable bonds is 8. The van der Waals surface area contributed by atoms with E-state index in [-0.39, 0.29) is 62.1 Å². The van der Waals surface area contributed by atoms with Gasteiger partial charge in [0.1, 0.15) is 22.9 Å². The normalized spacial score (nSPS) is 23.4. The van der Waals surface area contributed by atoms with Crippen molar-refractivity contribution in [3.05, 3.63) is 47.5 Å². The number of fused-ring (bicyclic) bond motifs is 4. The zero-order valence-electron chi connectivity index (χ0n) is 29.2. The van der Waals surface area contributed by atoms with Gasteiger partial charge in [-0.1, -0.05) is 24.8 Å². The summed E-state index contributed by atoms with van der Waals surface area (Å²) >= 11 is -0.489. The van der Waals surface area contributed by atoms with Crippen molar-refractivity contribution >= 4 is 39.3 Å². The lowest BCUT2D eigenvalue weighted by Crippen LogP contribution is -2.51. The molecule has 1 spiro atoms. The number of halogens is 5. The Bertz CT molecular complexity index is 2150. The van der Waals surface area contributed by atoms with Crippen LogP contribution >= 0.6 is 11.8 Å². The second-order valence-electron chi connectivity index (χ2n) is 16.0. The zero-order chi connectivity index (χ0) is 36.7. The number of likely N-dealkylation sites (tertiary alicyclic amines) is 1. The summed E-state index contributed by atoms with van der Waals surface area (Å²) in [6.45, 7) is 4.51. The van der Waals surface area contributed by atoms with E-state index in [4.69, 9.17) is 16.1 Å². The molecule has 5 aliphatic rings. The molecule has 2 aliphatic carbocycles. The summed E-state index contributed by atoms with van der Waals surface area (Å²) in [4.78, 5) is 13.4.